The zero-order chi connectivity index (χ0) is 17.7. The number of carboxylic acid groups (broad SMARTS) is 1. The first-order chi connectivity index (χ1) is 11.4. The SMILES string of the molecule is NN/C(SCc1ccc(-c2ccc(Cl)c(Cl)c2)cc1)=C(\N)C(=O)O. The summed E-state index contributed by atoms with van der Waals surface area (Å²) in [4.78, 5) is 10.9. The second kappa shape index (κ2) is 8.30. The van der Waals surface area contributed by atoms with E-state index in [0.717, 1.165) is 16.7 Å². The fourth-order valence-corrected chi connectivity index (χ4v) is 3.05. The summed E-state index contributed by atoms with van der Waals surface area (Å²) in [5.41, 5.74) is 10.4. The predicted octanol–water partition coefficient (Wildman–Crippen LogP) is 3.57. The molecule has 0 amide bonds. The average molecular weight is 384 g/mol. The Morgan fingerprint density at radius 3 is 2.25 bits per heavy atom. The molecule has 24 heavy (non-hydrogen) atoms. The molecule has 5 nitrogen and oxygen atoms in total. The van der Waals surface area contributed by atoms with Crippen LogP contribution < -0.4 is 17.0 Å². The number of rotatable bonds is 6. The second-order valence-corrected chi connectivity index (χ2v) is 6.61. The van der Waals surface area contributed by atoms with E-state index in [0.29, 0.717) is 15.8 Å². The van der Waals surface area contributed by atoms with Crippen molar-refractivity contribution in [2.45, 2.75) is 5.75 Å². The van der Waals surface area contributed by atoms with Gasteiger partial charge in [-0.25, -0.2) is 10.6 Å². The summed E-state index contributed by atoms with van der Waals surface area (Å²) in [5, 5.41) is 10.1. The van der Waals surface area contributed by atoms with Gasteiger partial charge in [0.15, 0.2) is 0 Å². The third-order valence-corrected chi connectivity index (χ3v) is 5.04. The van der Waals surface area contributed by atoms with E-state index >= 15 is 0 Å². The summed E-state index contributed by atoms with van der Waals surface area (Å²) >= 11 is 13.2. The number of aliphatic carboxylic acids is 1. The molecular formula is C16H15Cl2N3O2S. The number of halogens is 2. The number of hydrogen-bond donors (Lipinski definition) is 4. The molecular weight excluding hydrogens is 369 g/mol. The van der Waals surface area contributed by atoms with Gasteiger partial charge < -0.3 is 16.3 Å². The first kappa shape index (κ1) is 18.5. The maximum atomic E-state index is 10.9. The Bertz CT molecular complexity index is 779. The Morgan fingerprint density at radius 2 is 1.71 bits per heavy atom. The Kier molecular flexibility index (Phi) is 6.39. The van der Waals surface area contributed by atoms with Crippen molar-refractivity contribution in [2.24, 2.45) is 11.6 Å². The van der Waals surface area contributed by atoms with Crippen molar-refractivity contribution < 1.29 is 9.90 Å². The van der Waals surface area contributed by atoms with Gasteiger partial charge in [0.1, 0.15) is 10.7 Å². The van der Waals surface area contributed by atoms with E-state index < -0.39 is 5.97 Å². The van der Waals surface area contributed by atoms with Crippen LogP contribution in [0.15, 0.2) is 53.2 Å². The minimum atomic E-state index is -1.22. The summed E-state index contributed by atoms with van der Waals surface area (Å²) in [6, 6.07) is 13.2. The highest BCUT2D eigenvalue weighted by Crippen LogP contribution is 2.29. The molecule has 0 aromatic heterocycles. The molecule has 0 heterocycles. The number of thioether (sulfide) groups is 1. The number of carboxylic acids is 1. The first-order valence-corrected chi connectivity index (χ1v) is 8.53. The molecule has 2 aromatic rings. The highest BCUT2D eigenvalue weighted by Gasteiger charge is 2.10. The Balaban J connectivity index is 2.11. The quantitative estimate of drug-likeness (QED) is 0.345. The Labute approximate surface area is 153 Å². The van der Waals surface area contributed by atoms with E-state index in [-0.39, 0.29) is 10.7 Å². The number of hydrogen-bond acceptors (Lipinski definition) is 5. The van der Waals surface area contributed by atoms with Gasteiger partial charge in [0.25, 0.3) is 0 Å². The predicted molar refractivity (Wildman–Crippen MR) is 99.4 cm³/mol. The van der Waals surface area contributed by atoms with E-state index in [2.05, 4.69) is 5.43 Å². The molecule has 0 bridgehead atoms. The lowest BCUT2D eigenvalue weighted by Gasteiger charge is -2.09. The molecule has 0 radical (unpaired) electrons. The number of nitrogens with two attached hydrogens (primary N) is 2. The number of hydrazine groups is 1. The van der Waals surface area contributed by atoms with Crippen LogP contribution in [0.1, 0.15) is 5.56 Å². The van der Waals surface area contributed by atoms with E-state index in [1.807, 2.05) is 30.3 Å². The van der Waals surface area contributed by atoms with Crippen molar-refractivity contribution in [1.29, 1.82) is 0 Å². The van der Waals surface area contributed by atoms with E-state index in [4.69, 9.17) is 39.9 Å². The maximum Gasteiger partial charge on any atom is 0.354 e. The van der Waals surface area contributed by atoms with Gasteiger partial charge in [-0.2, -0.15) is 0 Å². The molecule has 2 aromatic carbocycles. The first-order valence-electron chi connectivity index (χ1n) is 6.79. The van der Waals surface area contributed by atoms with Gasteiger partial charge in [-0.15, -0.1) is 11.8 Å². The zero-order valence-corrected chi connectivity index (χ0v) is 14.8. The Morgan fingerprint density at radius 1 is 1.08 bits per heavy atom. The molecule has 0 fully saturated rings. The molecule has 126 valence electrons. The monoisotopic (exact) mass is 383 g/mol. The number of carbonyl (C=O) groups is 1. The summed E-state index contributed by atoms with van der Waals surface area (Å²) in [5.74, 6) is 4.61. The Hall–Kier alpha value is -1.86. The van der Waals surface area contributed by atoms with Gasteiger partial charge >= 0.3 is 5.97 Å². The highest BCUT2D eigenvalue weighted by molar-refractivity contribution is 8.02. The van der Waals surface area contributed by atoms with E-state index in [9.17, 15) is 4.79 Å². The summed E-state index contributed by atoms with van der Waals surface area (Å²) < 4.78 is 0. The molecule has 0 saturated heterocycles. The second-order valence-electron chi connectivity index (χ2n) is 4.81. The van der Waals surface area contributed by atoms with Gasteiger partial charge in [0.05, 0.1) is 10.0 Å². The largest absolute Gasteiger partial charge is 0.477 e. The van der Waals surface area contributed by atoms with E-state index in [1.165, 1.54) is 11.8 Å². The normalized spacial score (nSPS) is 11.8. The van der Waals surface area contributed by atoms with Gasteiger partial charge in [0.2, 0.25) is 0 Å². The fraction of sp³-hybridized carbons (Fsp3) is 0.0625. The van der Waals surface area contributed by atoms with Crippen molar-refractivity contribution in [3.05, 3.63) is 68.8 Å². The molecule has 0 saturated carbocycles. The van der Waals surface area contributed by atoms with E-state index in [1.54, 1.807) is 12.1 Å². The molecule has 6 N–H and O–H groups in total. The van der Waals surface area contributed by atoms with Crippen LogP contribution in [0, 0.1) is 0 Å². The highest BCUT2D eigenvalue weighted by atomic mass is 35.5. The minimum absolute atomic E-state index is 0.219. The fourth-order valence-electron chi connectivity index (χ4n) is 1.92. The molecule has 8 heteroatoms. The minimum Gasteiger partial charge on any atom is -0.477 e. The molecule has 0 atom stereocenters. The lowest BCUT2D eigenvalue weighted by molar-refractivity contribution is -0.132. The van der Waals surface area contributed by atoms with Crippen LogP contribution in [-0.4, -0.2) is 11.1 Å². The van der Waals surface area contributed by atoms with Crippen LogP contribution >= 0.6 is 35.0 Å². The zero-order valence-electron chi connectivity index (χ0n) is 12.4. The smallest absolute Gasteiger partial charge is 0.354 e. The molecule has 0 aliphatic heterocycles. The molecule has 0 unspecified atom stereocenters. The average Bonchev–Trinajstić information content (AvgIpc) is 2.58. The molecule has 0 aliphatic carbocycles. The standard InChI is InChI=1S/C16H15Cl2N3O2S/c17-12-6-5-11(7-13(12)18)10-3-1-9(2-4-10)8-24-15(21-20)14(19)16(22)23/h1-7,21H,8,19-20H2,(H,22,23)/b15-14+. The van der Waals surface area contributed by atoms with Crippen molar-refractivity contribution >= 4 is 40.9 Å². The summed E-state index contributed by atoms with van der Waals surface area (Å²) in [7, 11) is 0. The van der Waals surface area contributed by atoms with Crippen LogP contribution in [0.25, 0.3) is 11.1 Å². The molecule has 0 spiro atoms. The lowest BCUT2D eigenvalue weighted by Crippen LogP contribution is -2.26. The van der Waals surface area contributed by atoms with Crippen molar-refractivity contribution in [3.8, 4) is 11.1 Å². The van der Waals surface area contributed by atoms with Crippen molar-refractivity contribution in [2.75, 3.05) is 0 Å². The van der Waals surface area contributed by atoms with Crippen molar-refractivity contribution in [1.82, 2.24) is 5.43 Å². The van der Waals surface area contributed by atoms with Crippen LogP contribution in [0.4, 0.5) is 0 Å². The van der Waals surface area contributed by atoms with Gasteiger partial charge in [-0.05, 0) is 28.8 Å². The van der Waals surface area contributed by atoms with Crippen LogP contribution in [0.5, 0.6) is 0 Å². The molecule has 0 aliphatic rings. The lowest BCUT2D eigenvalue weighted by atomic mass is 10.0. The summed E-state index contributed by atoms with van der Waals surface area (Å²) in [6.07, 6.45) is 0. The van der Waals surface area contributed by atoms with Gasteiger partial charge in [-0.3, -0.25) is 0 Å². The van der Waals surface area contributed by atoms with Crippen LogP contribution in [0.3, 0.4) is 0 Å². The van der Waals surface area contributed by atoms with Crippen LogP contribution in [-0.2, 0) is 10.5 Å². The third-order valence-electron chi connectivity index (χ3n) is 3.20. The third kappa shape index (κ3) is 4.58. The maximum absolute atomic E-state index is 10.9. The van der Waals surface area contributed by atoms with Crippen LogP contribution in [0.2, 0.25) is 10.0 Å². The van der Waals surface area contributed by atoms with Gasteiger partial charge in [-0.1, -0.05) is 53.5 Å². The number of benzene rings is 2. The van der Waals surface area contributed by atoms with Gasteiger partial charge in [0, 0.05) is 5.75 Å². The number of nitrogens with one attached hydrogen (secondary N) is 1. The van der Waals surface area contributed by atoms with Crippen molar-refractivity contribution in [3.63, 3.8) is 0 Å². The molecule has 2 rings (SSSR count). The topological polar surface area (TPSA) is 101 Å². The summed E-state index contributed by atoms with van der Waals surface area (Å²) in [6.45, 7) is 0.